The largest absolute Gasteiger partial charge is 0.505 e. The van der Waals surface area contributed by atoms with Gasteiger partial charge >= 0.3 is 6.16 Å². The Morgan fingerprint density at radius 3 is 2.11 bits per heavy atom. The van der Waals surface area contributed by atoms with Gasteiger partial charge in [-0.15, -0.1) is 0 Å². The predicted octanol–water partition coefficient (Wildman–Crippen LogP) is 1.56. The van der Waals surface area contributed by atoms with Gasteiger partial charge in [0.25, 0.3) is 0 Å². The lowest BCUT2D eigenvalue weighted by atomic mass is 11.3. The Balaban J connectivity index is 3.39. The monoisotopic (exact) mass is 148 g/mol. The van der Waals surface area contributed by atoms with E-state index < -0.39 is 14.2 Å². The first kappa shape index (κ1) is 8.49. The maximum absolute atomic E-state index is 9.85. The van der Waals surface area contributed by atoms with E-state index in [0.29, 0.717) is 6.23 Å². The van der Waals surface area contributed by atoms with Gasteiger partial charge in [-0.1, -0.05) is 19.6 Å². The van der Waals surface area contributed by atoms with Gasteiger partial charge in [0.05, 0.1) is 14.3 Å². The molecule has 0 aliphatic carbocycles. The van der Waals surface area contributed by atoms with Crippen LogP contribution in [-0.4, -0.2) is 25.6 Å². The van der Waals surface area contributed by atoms with Crippen LogP contribution in [0, 0.1) is 0 Å². The van der Waals surface area contributed by atoms with E-state index in [9.17, 15) is 4.79 Å². The van der Waals surface area contributed by atoms with Gasteiger partial charge in [0, 0.05) is 0 Å². The molecule has 0 radical (unpaired) electrons. The second kappa shape index (κ2) is 2.86. The molecular weight excluding hydrogens is 136 g/mol. The van der Waals surface area contributed by atoms with Crippen molar-refractivity contribution in [2.45, 2.75) is 19.6 Å². The Bertz CT molecular complexity index is 105. The highest BCUT2D eigenvalue weighted by Crippen LogP contribution is 1.99. The Morgan fingerprint density at radius 2 is 2.00 bits per heavy atom. The molecule has 0 aromatic rings. The summed E-state index contributed by atoms with van der Waals surface area (Å²) in [6.45, 7) is 6.15. The molecule has 0 fully saturated rings. The summed E-state index contributed by atoms with van der Waals surface area (Å²) in [6.07, 6.45) is -0.778. The molecular formula is C5H12O3Si. The van der Waals surface area contributed by atoms with E-state index >= 15 is 0 Å². The molecule has 0 amide bonds. The van der Waals surface area contributed by atoms with Crippen LogP contribution in [0.5, 0.6) is 0 Å². The fourth-order valence-corrected chi connectivity index (χ4v) is 0.835. The highest BCUT2D eigenvalue weighted by atomic mass is 28.3. The third-order valence-corrected chi connectivity index (χ3v) is 1.64. The first-order chi connectivity index (χ1) is 3.92. The first-order valence-electron chi connectivity index (χ1n) is 2.77. The molecule has 0 spiro atoms. The molecule has 0 bridgehead atoms. The van der Waals surface area contributed by atoms with Crippen molar-refractivity contribution in [2.75, 3.05) is 6.23 Å². The molecule has 0 aliphatic heterocycles. The minimum atomic E-state index is -1.32. The second-order valence-corrected chi connectivity index (χ2v) is 8.53. The van der Waals surface area contributed by atoms with Gasteiger partial charge in [-0.05, 0) is 0 Å². The van der Waals surface area contributed by atoms with Crippen molar-refractivity contribution in [1.29, 1.82) is 0 Å². The van der Waals surface area contributed by atoms with Crippen LogP contribution in [-0.2, 0) is 4.74 Å². The topological polar surface area (TPSA) is 46.5 Å². The molecule has 0 aliphatic rings. The maximum Gasteiger partial charge on any atom is 0.505 e. The van der Waals surface area contributed by atoms with Crippen LogP contribution in [0.1, 0.15) is 0 Å². The maximum atomic E-state index is 9.85. The van der Waals surface area contributed by atoms with E-state index in [2.05, 4.69) is 24.4 Å². The van der Waals surface area contributed by atoms with Crippen LogP contribution >= 0.6 is 0 Å². The Morgan fingerprint density at radius 1 is 1.56 bits per heavy atom. The quantitative estimate of drug-likeness (QED) is 0.477. The number of ether oxygens (including phenoxy) is 1. The molecule has 54 valence electrons. The summed E-state index contributed by atoms with van der Waals surface area (Å²) in [6, 6.07) is 0. The van der Waals surface area contributed by atoms with Crippen LogP contribution < -0.4 is 0 Å². The summed E-state index contributed by atoms with van der Waals surface area (Å²) >= 11 is 0. The number of rotatable bonds is 2. The van der Waals surface area contributed by atoms with E-state index in [-0.39, 0.29) is 0 Å². The normalized spacial score (nSPS) is 11.0. The van der Waals surface area contributed by atoms with Crippen LogP contribution in [0.2, 0.25) is 19.6 Å². The molecule has 0 aromatic carbocycles. The Labute approximate surface area is 55.6 Å². The minimum Gasteiger partial charge on any atom is -0.450 e. The smallest absolute Gasteiger partial charge is 0.450 e. The van der Waals surface area contributed by atoms with Gasteiger partial charge in [0.2, 0.25) is 0 Å². The lowest BCUT2D eigenvalue weighted by Gasteiger charge is -2.12. The second-order valence-electron chi connectivity index (χ2n) is 3.12. The molecule has 4 heteroatoms. The molecule has 3 nitrogen and oxygen atoms in total. The van der Waals surface area contributed by atoms with E-state index in [1.54, 1.807) is 0 Å². The third kappa shape index (κ3) is 7.49. The lowest BCUT2D eigenvalue weighted by molar-refractivity contribution is 0.105. The van der Waals surface area contributed by atoms with Gasteiger partial charge in [-0.25, -0.2) is 4.79 Å². The Hall–Kier alpha value is -0.513. The average Bonchev–Trinajstić information content (AvgIpc) is 1.59. The number of hydrogen-bond donors (Lipinski definition) is 1. The summed E-state index contributed by atoms with van der Waals surface area (Å²) in [4.78, 5) is 9.85. The van der Waals surface area contributed by atoms with Gasteiger partial charge in [-0.2, -0.15) is 0 Å². The van der Waals surface area contributed by atoms with Crippen LogP contribution in [0.25, 0.3) is 0 Å². The van der Waals surface area contributed by atoms with Crippen molar-refractivity contribution in [1.82, 2.24) is 0 Å². The minimum absolute atomic E-state index is 0.391. The van der Waals surface area contributed by atoms with Crippen molar-refractivity contribution in [3.63, 3.8) is 0 Å². The van der Waals surface area contributed by atoms with Gasteiger partial charge in [0.15, 0.2) is 0 Å². The highest BCUT2D eigenvalue weighted by molar-refractivity contribution is 6.76. The molecule has 0 aromatic heterocycles. The first-order valence-corrected chi connectivity index (χ1v) is 6.48. The van der Waals surface area contributed by atoms with Crippen molar-refractivity contribution < 1.29 is 14.6 Å². The van der Waals surface area contributed by atoms with E-state index in [4.69, 9.17) is 5.11 Å². The molecule has 0 rings (SSSR count). The summed E-state index contributed by atoms with van der Waals surface area (Å²) in [7, 11) is -1.32. The standard InChI is InChI=1S/C5H12O3Si/c1-9(2,3)4-8-5(6)7/h4H2,1-3H3,(H,6,7). The number of hydrogen-bond acceptors (Lipinski definition) is 2. The van der Waals surface area contributed by atoms with Gasteiger partial charge < -0.3 is 9.84 Å². The van der Waals surface area contributed by atoms with Crippen LogP contribution in [0.15, 0.2) is 0 Å². The summed E-state index contributed by atoms with van der Waals surface area (Å²) < 4.78 is 4.38. The summed E-state index contributed by atoms with van der Waals surface area (Å²) in [5, 5.41) is 8.08. The lowest BCUT2D eigenvalue weighted by Crippen LogP contribution is -2.29. The van der Waals surface area contributed by atoms with Gasteiger partial charge in [-0.3, -0.25) is 0 Å². The number of carboxylic acid groups (broad SMARTS) is 1. The van der Waals surface area contributed by atoms with Crippen LogP contribution in [0.4, 0.5) is 4.79 Å². The van der Waals surface area contributed by atoms with Crippen molar-refractivity contribution in [3.05, 3.63) is 0 Å². The zero-order chi connectivity index (χ0) is 7.49. The fourth-order valence-electron chi connectivity index (χ4n) is 0.278. The predicted molar refractivity (Wildman–Crippen MR) is 37.3 cm³/mol. The van der Waals surface area contributed by atoms with Crippen molar-refractivity contribution in [3.8, 4) is 0 Å². The number of carbonyl (C=O) groups is 1. The summed E-state index contributed by atoms with van der Waals surface area (Å²) in [5.41, 5.74) is 0. The molecule has 0 unspecified atom stereocenters. The fraction of sp³-hybridized carbons (Fsp3) is 0.800. The average molecular weight is 148 g/mol. The molecule has 0 saturated heterocycles. The zero-order valence-corrected chi connectivity index (χ0v) is 6.97. The SMILES string of the molecule is C[Si](C)(C)COC(=O)O. The molecule has 0 atom stereocenters. The Kier molecular flexibility index (Phi) is 2.70. The third-order valence-electron chi connectivity index (χ3n) is 0.629. The molecule has 9 heavy (non-hydrogen) atoms. The summed E-state index contributed by atoms with van der Waals surface area (Å²) in [5.74, 6) is 0. The van der Waals surface area contributed by atoms with Gasteiger partial charge in [0.1, 0.15) is 0 Å². The highest BCUT2D eigenvalue weighted by Gasteiger charge is 2.15. The zero-order valence-electron chi connectivity index (χ0n) is 5.97. The molecule has 0 heterocycles. The van der Waals surface area contributed by atoms with E-state index in [1.165, 1.54) is 0 Å². The van der Waals surface area contributed by atoms with E-state index in [0.717, 1.165) is 0 Å². The van der Waals surface area contributed by atoms with Crippen LogP contribution in [0.3, 0.4) is 0 Å². The van der Waals surface area contributed by atoms with E-state index in [1.807, 2.05) is 0 Å². The molecule has 0 saturated carbocycles. The van der Waals surface area contributed by atoms with Crippen molar-refractivity contribution >= 4 is 14.2 Å². The molecule has 1 N–H and O–H groups in total. The van der Waals surface area contributed by atoms with Crippen molar-refractivity contribution in [2.24, 2.45) is 0 Å².